The van der Waals surface area contributed by atoms with Gasteiger partial charge in [0.25, 0.3) is 0 Å². The first kappa shape index (κ1) is 14.5. The van der Waals surface area contributed by atoms with Crippen molar-refractivity contribution in [3.8, 4) is 0 Å². The molecule has 0 saturated carbocycles. The number of carbonyl (C=O) groups is 2. The highest BCUT2D eigenvalue weighted by Gasteiger charge is 2.20. The summed E-state index contributed by atoms with van der Waals surface area (Å²) in [6.07, 6.45) is 0. The average Bonchev–Trinajstić information content (AvgIpc) is 2.30. The van der Waals surface area contributed by atoms with Gasteiger partial charge in [-0.1, -0.05) is 15.9 Å². The third-order valence-electron chi connectivity index (χ3n) is 2.60. The van der Waals surface area contributed by atoms with Crippen molar-refractivity contribution >= 4 is 33.6 Å². The van der Waals surface area contributed by atoms with Gasteiger partial charge < -0.3 is 15.7 Å². The Kier molecular flexibility index (Phi) is 5.15. The van der Waals surface area contributed by atoms with Crippen molar-refractivity contribution in [2.45, 2.75) is 19.9 Å². The van der Waals surface area contributed by atoms with E-state index in [1.807, 2.05) is 0 Å². The first-order valence-corrected chi connectivity index (χ1v) is 6.25. The molecule has 18 heavy (non-hydrogen) atoms. The SMILES string of the molecule is CC(NC(=O)Nc1ccc(Br)cc1)C(C)C(=O)O. The van der Waals surface area contributed by atoms with Gasteiger partial charge in [-0.25, -0.2) is 4.79 Å². The van der Waals surface area contributed by atoms with Gasteiger partial charge in [0.1, 0.15) is 0 Å². The number of rotatable bonds is 4. The molecular weight excluding hydrogens is 300 g/mol. The highest BCUT2D eigenvalue weighted by atomic mass is 79.9. The first-order valence-electron chi connectivity index (χ1n) is 5.46. The molecule has 0 aromatic heterocycles. The zero-order valence-corrected chi connectivity index (χ0v) is 11.7. The zero-order valence-electron chi connectivity index (χ0n) is 10.1. The van der Waals surface area contributed by atoms with Gasteiger partial charge in [-0.3, -0.25) is 4.79 Å². The lowest BCUT2D eigenvalue weighted by Gasteiger charge is -2.18. The Bertz CT molecular complexity index is 433. The van der Waals surface area contributed by atoms with E-state index in [0.29, 0.717) is 5.69 Å². The van der Waals surface area contributed by atoms with Crippen LogP contribution in [0.3, 0.4) is 0 Å². The lowest BCUT2D eigenvalue weighted by molar-refractivity contribution is -0.141. The number of halogens is 1. The number of urea groups is 1. The molecule has 1 aromatic carbocycles. The number of carbonyl (C=O) groups excluding carboxylic acids is 1. The van der Waals surface area contributed by atoms with Crippen LogP contribution in [0.15, 0.2) is 28.7 Å². The lowest BCUT2D eigenvalue weighted by atomic mass is 10.0. The van der Waals surface area contributed by atoms with E-state index >= 15 is 0 Å². The number of nitrogens with one attached hydrogen (secondary N) is 2. The van der Waals surface area contributed by atoms with Gasteiger partial charge >= 0.3 is 12.0 Å². The predicted octanol–water partition coefficient (Wildman–Crippen LogP) is 2.68. The van der Waals surface area contributed by atoms with Crippen molar-refractivity contribution in [3.63, 3.8) is 0 Å². The Morgan fingerprint density at radius 2 is 1.78 bits per heavy atom. The van der Waals surface area contributed by atoms with Crippen molar-refractivity contribution in [2.24, 2.45) is 5.92 Å². The van der Waals surface area contributed by atoms with Crippen molar-refractivity contribution in [2.75, 3.05) is 5.32 Å². The van der Waals surface area contributed by atoms with E-state index in [-0.39, 0.29) is 0 Å². The van der Waals surface area contributed by atoms with E-state index in [9.17, 15) is 9.59 Å². The molecular formula is C12H15BrN2O3. The molecule has 5 nitrogen and oxygen atoms in total. The second-order valence-corrected chi connectivity index (χ2v) is 4.94. The minimum absolute atomic E-state index is 0.419. The maximum atomic E-state index is 11.6. The zero-order chi connectivity index (χ0) is 13.7. The number of hydrogen-bond donors (Lipinski definition) is 3. The van der Waals surface area contributed by atoms with Crippen LogP contribution >= 0.6 is 15.9 Å². The van der Waals surface area contributed by atoms with Crippen LogP contribution in [-0.4, -0.2) is 23.1 Å². The molecule has 0 aliphatic heterocycles. The average molecular weight is 315 g/mol. The summed E-state index contributed by atoms with van der Waals surface area (Å²) in [6.45, 7) is 3.20. The van der Waals surface area contributed by atoms with Crippen LogP contribution in [-0.2, 0) is 4.79 Å². The van der Waals surface area contributed by atoms with Gasteiger partial charge in [0.05, 0.1) is 5.92 Å². The van der Waals surface area contributed by atoms with Crippen molar-refractivity contribution in [3.05, 3.63) is 28.7 Å². The van der Waals surface area contributed by atoms with Gasteiger partial charge in [-0.15, -0.1) is 0 Å². The fraction of sp³-hybridized carbons (Fsp3) is 0.333. The Morgan fingerprint density at radius 1 is 1.22 bits per heavy atom. The molecule has 1 aromatic rings. The lowest BCUT2D eigenvalue weighted by Crippen LogP contribution is -2.42. The molecule has 2 atom stereocenters. The Hall–Kier alpha value is -1.56. The van der Waals surface area contributed by atoms with Crippen LogP contribution in [0.5, 0.6) is 0 Å². The minimum atomic E-state index is -0.938. The molecule has 98 valence electrons. The Labute approximate surface area is 114 Å². The number of benzene rings is 1. The van der Waals surface area contributed by atoms with E-state index in [0.717, 1.165) is 4.47 Å². The maximum absolute atomic E-state index is 11.6. The fourth-order valence-electron chi connectivity index (χ4n) is 1.25. The molecule has 0 fully saturated rings. The number of carboxylic acids is 1. The molecule has 2 unspecified atom stereocenters. The molecule has 0 saturated heterocycles. The van der Waals surface area contributed by atoms with E-state index in [4.69, 9.17) is 5.11 Å². The second-order valence-electron chi connectivity index (χ2n) is 4.02. The summed E-state index contributed by atoms with van der Waals surface area (Å²) in [4.78, 5) is 22.3. The number of amides is 2. The third kappa shape index (κ3) is 4.37. The highest BCUT2D eigenvalue weighted by Crippen LogP contribution is 2.14. The van der Waals surface area contributed by atoms with E-state index in [1.165, 1.54) is 0 Å². The van der Waals surface area contributed by atoms with Crippen LogP contribution < -0.4 is 10.6 Å². The molecule has 0 radical (unpaired) electrons. The molecule has 0 aliphatic carbocycles. The molecule has 6 heteroatoms. The fourth-order valence-corrected chi connectivity index (χ4v) is 1.51. The van der Waals surface area contributed by atoms with E-state index in [2.05, 4.69) is 26.6 Å². The number of hydrogen-bond acceptors (Lipinski definition) is 2. The quantitative estimate of drug-likeness (QED) is 0.799. The van der Waals surface area contributed by atoms with E-state index < -0.39 is 24.0 Å². The topological polar surface area (TPSA) is 78.4 Å². The predicted molar refractivity (Wildman–Crippen MR) is 72.6 cm³/mol. The molecule has 3 N–H and O–H groups in total. The first-order chi connectivity index (χ1) is 8.40. The molecule has 0 spiro atoms. The normalized spacial score (nSPS) is 13.5. The van der Waals surface area contributed by atoms with Gasteiger partial charge in [0.2, 0.25) is 0 Å². The summed E-state index contributed by atoms with van der Waals surface area (Å²) < 4.78 is 0.918. The van der Waals surface area contributed by atoms with Crippen molar-refractivity contribution < 1.29 is 14.7 Å². The molecule has 0 heterocycles. The minimum Gasteiger partial charge on any atom is -0.481 e. The summed E-state index contributed by atoms with van der Waals surface area (Å²) in [7, 11) is 0. The summed E-state index contributed by atoms with van der Waals surface area (Å²) in [5.74, 6) is -1.58. The van der Waals surface area contributed by atoms with E-state index in [1.54, 1.807) is 38.1 Å². The molecule has 0 bridgehead atoms. The molecule has 2 amide bonds. The standard InChI is InChI=1S/C12H15BrN2O3/c1-7(11(16)17)8(2)14-12(18)15-10-5-3-9(13)4-6-10/h3-8H,1-2H3,(H,16,17)(H2,14,15,18). The van der Waals surface area contributed by atoms with Gasteiger partial charge in [-0.2, -0.15) is 0 Å². The van der Waals surface area contributed by atoms with Crippen LogP contribution in [0.25, 0.3) is 0 Å². The van der Waals surface area contributed by atoms with Crippen LogP contribution in [0.4, 0.5) is 10.5 Å². The number of aliphatic carboxylic acids is 1. The molecule has 1 rings (SSSR count). The van der Waals surface area contributed by atoms with Crippen LogP contribution in [0.1, 0.15) is 13.8 Å². The summed E-state index contributed by atoms with van der Waals surface area (Å²) in [5, 5.41) is 14.0. The Balaban J connectivity index is 2.51. The van der Waals surface area contributed by atoms with Gasteiger partial charge in [0, 0.05) is 16.2 Å². The number of carboxylic acid groups (broad SMARTS) is 1. The van der Waals surface area contributed by atoms with Crippen molar-refractivity contribution in [1.29, 1.82) is 0 Å². The second kappa shape index (κ2) is 6.39. The van der Waals surface area contributed by atoms with Crippen LogP contribution in [0.2, 0.25) is 0 Å². The summed E-state index contributed by atoms with van der Waals surface area (Å²) in [5.41, 5.74) is 0.644. The Morgan fingerprint density at radius 3 is 2.28 bits per heavy atom. The molecule has 0 aliphatic rings. The highest BCUT2D eigenvalue weighted by molar-refractivity contribution is 9.10. The monoisotopic (exact) mass is 314 g/mol. The van der Waals surface area contributed by atoms with Gasteiger partial charge in [-0.05, 0) is 38.1 Å². The third-order valence-corrected chi connectivity index (χ3v) is 3.13. The van der Waals surface area contributed by atoms with Crippen molar-refractivity contribution in [1.82, 2.24) is 5.32 Å². The number of anilines is 1. The smallest absolute Gasteiger partial charge is 0.319 e. The van der Waals surface area contributed by atoms with Gasteiger partial charge in [0.15, 0.2) is 0 Å². The van der Waals surface area contributed by atoms with Crippen LogP contribution in [0, 0.1) is 5.92 Å². The largest absolute Gasteiger partial charge is 0.481 e. The summed E-state index contributed by atoms with van der Waals surface area (Å²) >= 11 is 3.29. The maximum Gasteiger partial charge on any atom is 0.319 e. The summed E-state index contributed by atoms with van der Waals surface area (Å²) in [6, 6.07) is 6.23.